The Morgan fingerprint density at radius 3 is 2.48 bits per heavy atom. The lowest BCUT2D eigenvalue weighted by atomic mass is 10.1. The highest BCUT2D eigenvalue weighted by atomic mass is 19.2. The number of fused-ring (bicyclic) bond motifs is 1. The maximum atomic E-state index is 13.7. The Bertz CT molecular complexity index is 831. The molecular weight excluding hydrogens is 277 g/mol. The van der Waals surface area contributed by atoms with Gasteiger partial charge in [0.2, 0.25) is 0 Å². The maximum absolute atomic E-state index is 13.7. The summed E-state index contributed by atoms with van der Waals surface area (Å²) < 4.78 is 39.8. The molecule has 1 heterocycles. The zero-order chi connectivity index (χ0) is 15.0. The number of anilines is 2. The van der Waals surface area contributed by atoms with E-state index in [4.69, 9.17) is 0 Å². The third kappa shape index (κ3) is 2.54. The van der Waals surface area contributed by atoms with Crippen LogP contribution in [0.5, 0.6) is 0 Å². The molecule has 3 rings (SSSR count). The average molecular weight is 288 g/mol. The van der Waals surface area contributed by atoms with Gasteiger partial charge in [0.1, 0.15) is 11.6 Å². The molecule has 0 bridgehead atoms. The highest BCUT2D eigenvalue weighted by molar-refractivity contribution is 5.93. The summed E-state index contributed by atoms with van der Waals surface area (Å²) in [7, 11) is 0. The molecule has 0 saturated heterocycles. The van der Waals surface area contributed by atoms with Crippen LogP contribution in [0.15, 0.2) is 42.6 Å². The van der Waals surface area contributed by atoms with E-state index in [1.54, 1.807) is 6.20 Å². The molecule has 1 N–H and O–H groups in total. The summed E-state index contributed by atoms with van der Waals surface area (Å²) in [6, 6.07) is 8.82. The van der Waals surface area contributed by atoms with Crippen LogP contribution in [0.1, 0.15) is 5.56 Å². The molecule has 0 amide bonds. The molecule has 0 atom stereocenters. The van der Waals surface area contributed by atoms with E-state index in [1.165, 1.54) is 0 Å². The van der Waals surface area contributed by atoms with Crippen LogP contribution in [0.2, 0.25) is 0 Å². The summed E-state index contributed by atoms with van der Waals surface area (Å²) >= 11 is 0. The van der Waals surface area contributed by atoms with E-state index < -0.39 is 17.5 Å². The molecule has 0 unspecified atom stereocenters. The molecular formula is C16H11F3N2. The van der Waals surface area contributed by atoms with Crippen molar-refractivity contribution in [3.05, 3.63) is 65.6 Å². The topological polar surface area (TPSA) is 24.9 Å². The van der Waals surface area contributed by atoms with Crippen LogP contribution in [0.25, 0.3) is 10.8 Å². The van der Waals surface area contributed by atoms with E-state index in [0.717, 1.165) is 22.4 Å². The summed E-state index contributed by atoms with van der Waals surface area (Å²) in [5.74, 6) is -2.83. The lowest BCUT2D eigenvalue weighted by Gasteiger charge is -2.10. The molecule has 0 aliphatic heterocycles. The number of rotatable bonds is 2. The van der Waals surface area contributed by atoms with Gasteiger partial charge in [-0.25, -0.2) is 18.2 Å². The first-order valence-corrected chi connectivity index (χ1v) is 6.31. The van der Waals surface area contributed by atoms with Crippen molar-refractivity contribution < 1.29 is 13.2 Å². The van der Waals surface area contributed by atoms with Crippen LogP contribution in [-0.2, 0) is 0 Å². The zero-order valence-electron chi connectivity index (χ0n) is 11.1. The van der Waals surface area contributed by atoms with E-state index in [0.29, 0.717) is 11.9 Å². The fraction of sp³-hybridized carbons (Fsp3) is 0.0625. The van der Waals surface area contributed by atoms with Gasteiger partial charge < -0.3 is 5.32 Å². The minimum absolute atomic E-state index is 0.158. The van der Waals surface area contributed by atoms with E-state index in [9.17, 15) is 13.2 Å². The molecule has 1 aromatic heterocycles. The Morgan fingerprint density at radius 2 is 1.67 bits per heavy atom. The molecule has 106 valence electrons. The minimum Gasteiger partial charge on any atom is -0.337 e. The molecule has 0 spiro atoms. The van der Waals surface area contributed by atoms with Crippen molar-refractivity contribution in [2.75, 3.05) is 5.32 Å². The SMILES string of the molecule is Cc1ccc2c(Nc3cc(F)c(F)cc3F)nccc2c1. The van der Waals surface area contributed by atoms with Crippen LogP contribution in [0.4, 0.5) is 24.7 Å². The largest absolute Gasteiger partial charge is 0.337 e. The lowest BCUT2D eigenvalue weighted by Crippen LogP contribution is -1.99. The average Bonchev–Trinajstić information content (AvgIpc) is 2.44. The molecule has 0 aliphatic carbocycles. The number of aromatic nitrogens is 1. The maximum Gasteiger partial charge on any atom is 0.161 e. The molecule has 0 fully saturated rings. The number of nitrogens with zero attached hydrogens (tertiary/aromatic N) is 1. The van der Waals surface area contributed by atoms with Gasteiger partial charge in [0.25, 0.3) is 0 Å². The van der Waals surface area contributed by atoms with Gasteiger partial charge in [-0.1, -0.05) is 23.8 Å². The van der Waals surface area contributed by atoms with Crippen LogP contribution in [-0.4, -0.2) is 4.98 Å². The Kier molecular flexibility index (Phi) is 3.25. The van der Waals surface area contributed by atoms with Gasteiger partial charge in [0.05, 0.1) is 5.69 Å². The highest BCUT2D eigenvalue weighted by Gasteiger charge is 2.11. The quantitative estimate of drug-likeness (QED) is 0.691. The predicted molar refractivity (Wildman–Crippen MR) is 76.1 cm³/mol. The Morgan fingerprint density at radius 1 is 0.905 bits per heavy atom. The smallest absolute Gasteiger partial charge is 0.161 e. The molecule has 2 nitrogen and oxygen atoms in total. The van der Waals surface area contributed by atoms with Crippen LogP contribution >= 0.6 is 0 Å². The van der Waals surface area contributed by atoms with E-state index >= 15 is 0 Å². The summed E-state index contributed by atoms with van der Waals surface area (Å²) in [5, 5.41) is 4.41. The molecule has 5 heteroatoms. The van der Waals surface area contributed by atoms with Crippen LogP contribution in [0, 0.1) is 24.4 Å². The number of hydrogen-bond acceptors (Lipinski definition) is 2. The molecule has 0 saturated carbocycles. The monoisotopic (exact) mass is 288 g/mol. The van der Waals surface area contributed by atoms with Crippen molar-refractivity contribution in [3.63, 3.8) is 0 Å². The van der Waals surface area contributed by atoms with Gasteiger partial charge in [0, 0.05) is 23.7 Å². The normalized spacial score (nSPS) is 10.9. The third-order valence-electron chi connectivity index (χ3n) is 3.18. The second kappa shape index (κ2) is 5.09. The van der Waals surface area contributed by atoms with Gasteiger partial charge in [-0.05, 0) is 18.4 Å². The second-order valence-corrected chi connectivity index (χ2v) is 4.76. The molecule has 0 aliphatic rings. The fourth-order valence-electron chi connectivity index (χ4n) is 2.14. The van der Waals surface area contributed by atoms with Crippen molar-refractivity contribution in [1.29, 1.82) is 0 Å². The third-order valence-corrected chi connectivity index (χ3v) is 3.18. The Hall–Kier alpha value is -2.56. The highest BCUT2D eigenvalue weighted by Crippen LogP contribution is 2.27. The van der Waals surface area contributed by atoms with Crippen LogP contribution < -0.4 is 5.32 Å². The summed E-state index contributed by atoms with van der Waals surface area (Å²) in [6.07, 6.45) is 1.57. The van der Waals surface area contributed by atoms with Crippen molar-refractivity contribution in [2.24, 2.45) is 0 Å². The van der Waals surface area contributed by atoms with E-state index in [-0.39, 0.29) is 5.69 Å². The van der Waals surface area contributed by atoms with Gasteiger partial charge >= 0.3 is 0 Å². The first-order chi connectivity index (χ1) is 10.0. The van der Waals surface area contributed by atoms with Crippen LogP contribution in [0.3, 0.4) is 0 Å². The van der Waals surface area contributed by atoms with Gasteiger partial charge in [0.15, 0.2) is 11.6 Å². The number of pyridine rings is 1. The molecule has 21 heavy (non-hydrogen) atoms. The summed E-state index contributed by atoms with van der Waals surface area (Å²) in [4.78, 5) is 4.13. The first kappa shape index (κ1) is 13.4. The summed E-state index contributed by atoms with van der Waals surface area (Å²) in [5.41, 5.74) is 0.924. The standard InChI is InChI=1S/C16H11F3N2/c1-9-2-3-11-10(6-9)4-5-20-16(11)21-15-8-13(18)12(17)7-14(15)19/h2-8H,1H3,(H,20,21). The fourth-order valence-corrected chi connectivity index (χ4v) is 2.14. The zero-order valence-corrected chi connectivity index (χ0v) is 11.1. The number of benzene rings is 2. The first-order valence-electron chi connectivity index (χ1n) is 6.31. The van der Waals surface area contributed by atoms with E-state index in [1.807, 2.05) is 31.2 Å². The number of hydrogen-bond donors (Lipinski definition) is 1. The van der Waals surface area contributed by atoms with E-state index in [2.05, 4.69) is 10.3 Å². The minimum atomic E-state index is -1.22. The number of halogens is 3. The Balaban J connectivity index is 2.08. The van der Waals surface area contributed by atoms with Crippen molar-refractivity contribution in [2.45, 2.75) is 6.92 Å². The van der Waals surface area contributed by atoms with Gasteiger partial charge in [-0.2, -0.15) is 0 Å². The molecule has 2 aromatic carbocycles. The Labute approximate surface area is 119 Å². The van der Waals surface area contributed by atoms with Crippen molar-refractivity contribution in [1.82, 2.24) is 4.98 Å². The van der Waals surface area contributed by atoms with Crippen molar-refractivity contribution in [3.8, 4) is 0 Å². The van der Waals surface area contributed by atoms with Gasteiger partial charge in [-0.15, -0.1) is 0 Å². The number of nitrogens with one attached hydrogen (secondary N) is 1. The number of aryl methyl sites for hydroxylation is 1. The lowest BCUT2D eigenvalue weighted by molar-refractivity contribution is 0.496. The molecule has 0 radical (unpaired) electrons. The van der Waals surface area contributed by atoms with Gasteiger partial charge in [-0.3, -0.25) is 0 Å². The molecule has 3 aromatic rings. The predicted octanol–water partition coefficient (Wildman–Crippen LogP) is 4.70. The second-order valence-electron chi connectivity index (χ2n) is 4.76. The van der Waals surface area contributed by atoms with Crippen molar-refractivity contribution >= 4 is 22.3 Å². The summed E-state index contributed by atoms with van der Waals surface area (Å²) in [6.45, 7) is 1.96.